The molecule has 1 aromatic carbocycles. The zero-order valence-electron chi connectivity index (χ0n) is 16.5. The molecule has 1 aliphatic rings. The van der Waals surface area contributed by atoms with Crippen LogP contribution in [0.1, 0.15) is 48.1 Å². The number of aryl methyl sites for hydroxylation is 1. The molecule has 0 aliphatic carbocycles. The molecule has 29 heavy (non-hydrogen) atoms. The SMILES string of the molecule is C[C@H](O)[C@@H](CCc1cccc(C(=O)N2CCCC2)c1)n1cnc2c(N)ncnc21. The normalized spacial score (nSPS) is 16.3. The number of imidazole rings is 1. The van der Waals surface area contributed by atoms with Crippen LogP contribution in [0.2, 0.25) is 0 Å². The molecule has 152 valence electrons. The maximum Gasteiger partial charge on any atom is 0.253 e. The first kappa shape index (κ1) is 19.3. The molecule has 0 spiro atoms. The molecule has 8 heteroatoms. The first-order chi connectivity index (χ1) is 14.0. The van der Waals surface area contributed by atoms with Gasteiger partial charge in [0, 0.05) is 18.7 Å². The van der Waals surface area contributed by atoms with Gasteiger partial charge in [-0.1, -0.05) is 12.1 Å². The fraction of sp³-hybridized carbons (Fsp3) is 0.429. The van der Waals surface area contributed by atoms with E-state index < -0.39 is 6.10 Å². The van der Waals surface area contributed by atoms with Crippen LogP contribution in [-0.2, 0) is 6.42 Å². The number of nitrogen functional groups attached to an aromatic ring is 1. The first-order valence-electron chi connectivity index (χ1n) is 10.0. The second kappa shape index (κ2) is 8.16. The Kier molecular flexibility index (Phi) is 5.44. The standard InChI is InChI=1S/C21H26N6O2/c1-14(28)17(27-13-25-18-19(22)23-12-24-20(18)27)8-7-15-5-4-6-16(11-15)21(29)26-9-2-3-10-26/h4-6,11-14,17,28H,2-3,7-10H2,1H3,(H2,22,23,24)/t14-,17+/m0/s1. The number of aliphatic hydroxyl groups excluding tert-OH is 1. The van der Waals surface area contributed by atoms with Crippen LogP contribution in [0.3, 0.4) is 0 Å². The molecule has 2 aromatic heterocycles. The lowest BCUT2D eigenvalue weighted by Gasteiger charge is -2.22. The minimum Gasteiger partial charge on any atom is -0.391 e. The number of nitrogens with zero attached hydrogens (tertiary/aromatic N) is 5. The predicted molar refractivity (Wildman–Crippen MR) is 110 cm³/mol. The van der Waals surface area contributed by atoms with E-state index in [1.807, 2.05) is 33.7 Å². The predicted octanol–water partition coefficient (Wildman–Crippen LogP) is 2.20. The quantitative estimate of drug-likeness (QED) is 0.663. The number of carbonyl (C=O) groups excluding carboxylic acids is 1. The molecule has 3 aromatic rings. The minimum absolute atomic E-state index is 0.101. The summed E-state index contributed by atoms with van der Waals surface area (Å²) in [6.45, 7) is 3.44. The van der Waals surface area contributed by atoms with Gasteiger partial charge in [-0.15, -0.1) is 0 Å². The first-order valence-corrected chi connectivity index (χ1v) is 10.0. The number of aliphatic hydroxyl groups is 1. The zero-order valence-corrected chi connectivity index (χ0v) is 16.5. The molecule has 0 unspecified atom stereocenters. The van der Waals surface area contributed by atoms with E-state index in [-0.39, 0.29) is 11.9 Å². The van der Waals surface area contributed by atoms with Crippen molar-refractivity contribution in [2.45, 2.75) is 44.8 Å². The van der Waals surface area contributed by atoms with Crippen LogP contribution in [0, 0.1) is 0 Å². The molecule has 4 rings (SSSR count). The number of nitrogens with two attached hydrogens (primary N) is 1. The Morgan fingerprint density at radius 1 is 1.24 bits per heavy atom. The number of fused-ring (bicyclic) bond motifs is 1. The van der Waals surface area contributed by atoms with Gasteiger partial charge in [0.05, 0.1) is 18.5 Å². The van der Waals surface area contributed by atoms with E-state index in [4.69, 9.17) is 5.73 Å². The van der Waals surface area contributed by atoms with Gasteiger partial charge in [-0.3, -0.25) is 4.79 Å². The second-order valence-corrected chi connectivity index (χ2v) is 7.63. The Labute approximate surface area is 169 Å². The average Bonchev–Trinajstić information content (AvgIpc) is 3.39. The van der Waals surface area contributed by atoms with Crippen LogP contribution < -0.4 is 5.73 Å². The van der Waals surface area contributed by atoms with Gasteiger partial charge in [0.1, 0.15) is 11.8 Å². The Morgan fingerprint density at radius 2 is 2.03 bits per heavy atom. The van der Waals surface area contributed by atoms with Crippen LogP contribution in [0.15, 0.2) is 36.9 Å². The van der Waals surface area contributed by atoms with Gasteiger partial charge in [-0.05, 0) is 50.3 Å². The summed E-state index contributed by atoms with van der Waals surface area (Å²) in [5, 5.41) is 10.4. The molecule has 8 nitrogen and oxygen atoms in total. The van der Waals surface area contributed by atoms with Crippen molar-refractivity contribution in [3.63, 3.8) is 0 Å². The lowest BCUT2D eigenvalue weighted by molar-refractivity contribution is 0.0792. The van der Waals surface area contributed by atoms with Crippen LogP contribution in [0.5, 0.6) is 0 Å². The van der Waals surface area contributed by atoms with Gasteiger partial charge < -0.3 is 20.3 Å². The Bertz CT molecular complexity index is 1010. The highest BCUT2D eigenvalue weighted by molar-refractivity contribution is 5.94. The van der Waals surface area contributed by atoms with Crippen molar-refractivity contribution in [1.29, 1.82) is 0 Å². The van der Waals surface area contributed by atoms with E-state index in [1.54, 1.807) is 13.3 Å². The average molecular weight is 394 g/mol. The molecule has 0 bridgehead atoms. The molecule has 0 radical (unpaired) electrons. The largest absolute Gasteiger partial charge is 0.391 e. The van der Waals surface area contributed by atoms with Gasteiger partial charge in [-0.2, -0.15) is 0 Å². The number of carbonyl (C=O) groups is 1. The number of amides is 1. The third-order valence-electron chi connectivity index (χ3n) is 5.60. The van der Waals surface area contributed by atoms with E-state index in [0.29, 0.717) is 23.4 Å². The number of benzene rings is 1. The summed E-state index contributed by atoms with van der Waals surface area (Å²) in [4.78, 5) is 27.1. The van der Waals surface area contributed by atoms with E-state index in [2.05, 4.69) is 15.0 Å². The van der Waals surface area contributed by atoms with Crippen LogP contribution >= 0.6 is 0 Å². The van der Waals surface area contributed by atoms with Gasteiger partial charge in [0.15, 0.2) is 11.5 Å². The van der Waals surface area contributed by atoms with Crippen molar-refractivity contribution in [3.05, 3.63) is 48.0 Å². The fourth-order valence-electron chi connectivity index (χ4n) is 4.00. The maximum absolute atomic E-state index is 12.7. The minimum atomic E-state index is -0.599. The summed E-state index contributed by atoms with van der Waals surface area (Å²) in [7, 11) is 0. The lowest BCUT2D eigenvalue weighted by Crippen LogP contribution is -2.27. The molecule has 1 saturated heterocycles. The number of likely N-dealkylation sites (tertiary alicyclic amines) is 1. The fourth-order valence-corrected chi connectivity index (χ4v) is 4.00. The van der Waals surface area contributed by atoms with Gasteiger partial charge >= 0.3 is 0 Å². The lowest BCUT2D eigenvalue weighted by atomic mass is 10.00. The summed E-state index contributed by atoms with van der Waals surface area (Å²) in [6.07, 6.45) is 6.01. The van der Waals surface area contributed by atoms with Crippen LogP contribution in [0.4, 0.5) is 5.82 Å². The molecule has 1 amide bonds. The molecule has 1 fully saturated rings. The number of rotatable bonds is 6. The smallest absolute Gasteiger partial charge is 0.253 e. The molecule has 1 aliphatic heterocycles. The third kappa shape index (κ3) is 3.93. The molecule has 3 heterocycles. The van der Waals surface area contributed by atoms with Crippen LogP contribution in [-0.4, -0.2) is 54.6 Å². The molecular weight excluding hydrogens is 368 g/mol. The van der Waals surface area contributed by atoms with E-state index >= 15 is 0 Å². The van der Waals surface area contributed by atoms with Crippen molar-refractivity contribution in [2.24, 2.45) is 0 Å². The van der Waals surface area contributed by atoms with Gasteiger partial charge in [0.2, 0.25) is 0 Å². The van der Waals surface area contributed by atoms with Crippen molar-refractivity contribution >= 4 is 22.9 Å². The third-order valence-corrected chi connectivity index (χ3v) is 5.60. The zero-order chi connectivity index (χ0) is 20.4. The molecule has 3 N–H and O–H groups in total. The van der Waals surface area contributed by atoms with Gasteiger partial charge in [0.25, 0.3) is 5.91 Å². The van der Waals surface area contributed by atoms with Crippen molar-refractivity contribution in [1.82, 2.24) is 24.4 Å². The van der Waals surface area contributed by atoms with Crippen molar-refractivity contribution in [3.8, 4) is 0 Å². The molecule has 2 atom stereocenters. The number of hydrogen-bond acceptors (Lipinski definition) is 6. The summed E-state index contributed by atoms with van der Waals surface area (Å²) in [5.74, 6) is 0.426. The number of hydrogen-bond donors (Lipinski definition) is 2. The van der Waals surface area contributed by atoms with Crippen molar-refractivity contribution < 1.29 is 9.90 Å². The highest BCUT2D eigenvalue weighted by Gasteiger charge is 2.22. The van der Waals surface area contributed by atoms with E-state index in [9.17, 15) is 9.90 Å². The van der Waals surface area contributed by atoms with Crippen molar-refractivity contribution in [2.75, 3.05) is 18.8 Å². The summed E-state index contributed by atoms with van der Waals surface area (Å²) in [5.41, 5.74) is 8.83. The topological polar surface area (TPSA) is 110 Å². The maximum atomic E-state index is 12.7. The van der Waals surface area contributed by atoms with E-state index in [0.717, 1.165) is 43.5 Å². The Morgan fingerprint density at radius 3 is 2.79 bits per heavy atom. The van der Waals surface area contributed by atoms with E-state index in [1.165, 1.54) is 6.33 Å². The molecule has 0 saturated carbocycles. The second-order valence-electron chi connectivity index (χ2n) is 7.63. The monoisotopic (exact) mass is 394 g/mol. The Balaban J connectivity index is 1.52. The summed E-state index contributed by atoms with van der Waals surface area (Å²) < 4.78 is 1.86. The Hall–Kier alpha value is -3.00. The number of anilines is 1. The van der Waals surface area contributed by atoms with Gasteiger partial charge in [-0.25, -0.2) is 15.0 Å². The summed E-state index contributed by atoms with van der Waals surface area (Å²) in [6, 6.07) is 7.57. The summed E-state index contributed by atoms with van der Waals surface area (Å²) >= 11 is 0. The van der Waals surface area contributed by atoms with Crippen LogP contribution in [0.25, 0.3) is 11.2 Å². The highest BCUT2D eigenvalue weighted by atomic mass is 16.3. The highest BCUT2D eigenvalue weighted by Crippen LogP contribution is 2.25. The number of aromatic nitrogens is 4. The molecular formula is C21H26N6O2.